The summed E-state index contributed by atoms with van der Waals surface area (Å²) in [5.41, 5.74) is 2.06. The Bertz CT molecular complexity index is 1140. The van der Waals surface area contributed by atoms with Gasteiger partial charge in [-0.2, -0.15) is 0 Å². The highest BCUT2D eigenvalue weighted by atomic mass is 16.5. The Morgan fingerprint density at radius 3 is 2.59 bits per heavy atom. The molecular weight excluding hydrogens is 552 g/mol. The summed E-state index contributed by atoms with van der Waals surface area (Å²) in [6.07, 6.45) is 13.4. The highest BCUT2D eigenvalue weighted by Crippen LogP contribution is 2.70. The summed E-state index contributed by atoms with van der Waals surface area (Å²) in [7, 11) is 0. The first kappa shape index (κ1) is 31.1. The predicted molar refractivity (Wildman–Crippen MR) is 170 cm³/mol. The number of carbonyl (C=O) groups excluding carboxylic acids is 2. The average molecular weight is 611 g/mol. The summed E-state index contributed by atoms with van der Waals surface area (Å²) in [4.78, 5) is 29.8. The molecule has 0 aromatic heterocycles. The number of aliphatic hydroxyl groups is 1. The van der Waals surface area contributed by atoms with E-state index in [9.17, 15) is 9.59 Å². The van der Waals surface area contributed by atoms with Gasteiger partial charge in [0.2, 0.25) is 11.8 Å². The first-order valence-corrected chi connectivity index (χ1v) is 18.1. The van der Waals surface area contributed by atoms with Gasteiger partial charge in [-0.15, -0.1) is 0 Å². The lowest BCUT2D eigenvalue weighted by Crippen LogP contribution is -2.57. The van der Waals surface area contributed by atoms with Crippen molar-refractivity contribution in [2.75, 3.05) is 45.9 Å². The number of β-amino-alcohol motifs (C(OH)–C–C–N with tert-alkyl or cyclic N) is 1. The van der Waals surface area contributed by atoms with Crippen LogP contribution in [0.4, 0.5) is 0 Å². The Hall–Kier alpha value is -1.48. The molecule has 0 radical (unpaired) electrons. The lowest BCUT2D eigenvalue weighted by atomic mass is 9.46. The summed E-state index contributed by atoms with van der Waals surface area (Å²) < 4.78 is 7.07. The van der Waals surface area contributed by atoms with Crippen molar-refractivity contribution < 1.29 is 19.4 Å². The summed E-state index contributed by atoms with van der Waals surface area (Å²) in [5, 5.41) is 16.3. The predicted octanol–water partition coefficient (Wildman–Crippen LogP) is 3.94. The largest absolute Gasteiger partial charge is 0.395 e. The molecule has 3 N–H and O–H groups in total. The van der Waals surface area contributed by atoms with Crippen molar-refractivity contribution in [1.29, 1.82) is 0 Å². The number of ether oxygens (including phenoxy) is 1. The van der Waals surface area contributed by atoms with Crippen molar-refractivity contribution in [3.63, 3.8) is 0 Å². The van der Waals surface area contributed by atoms with E-state index in [0.29, 0.717) is 43.0 Å². The van der Waals surface area contributed by atoms with E-state index in [0.717, 1.165) is 69.0 Å². The Labute approximate surface area is 265 Å². The van der Waals surface area contributed by atoms with E-state index >= 15 is 0 Å². The van der Waals surface area contributed by atoms with E-state index in [2.05, 4.69) is 49.3 Å². The average Bonchev–Trinajstić information content (AvgIpc) is 3.45. The topological polar surface area (TPSA) is 94.1 Å². The molecule has 2 amide bonds. The van der Waals surface area contributed by atoms with E-state index in [1.165, 1.54) is 32.1 Å². The molecule has 44 heavy (non-hydrogen) atoms. The zero-order chi connectivity index (χ0) is 30.9. The number of allylic oxidation sites excluding steroid dienone is 1. The Morgan fingerprint density at radius 1 is 1.07 bits per heavy atom. The van der Waals surface area contributed by atoms with Crippen molar-refractivity contribution in [1.82, 2.24) is 20.4 Å². The number of nitrogens with zero attached hydrogens (tertiary/aromatic N) is 2. The van der Waals surface area contributed by atoms with Crippen LogP contribution in [-0.2, 0) is 14.3 Å². The molecule has 3 saturated heterocycles. The molecule has 246 valence electrons. The molecule has 3 saturated carbocycles. The fraction of sp³-hybridized carbons (Fsp3) is 0.889. The van der Waals surface area contributed by atoms with Crippen molar-refractivity contribution >= 4 is 11.8 Å². The molecule has 0 aromatic rings. The number of fused-ring (bicyclic) bond motifs is 7. The Morgan fingerprint density at radius 2 is 1.86 bits per heavy atom. The van der Waals surface area contributed by atoms with Gasteiger partial charge in [0.15, 0.2) is 0 Å². The van der Waals surface area contributed by atoms with E-state index in [4.69, 9.17) is 9.84 Å². The van der Waals surface area contributed by atoms with Crippen LogP contribution in [0.15, 0.2) is 11.6 Å². The van der Waals surface area contributed by atoms with Gasteiger partial charge in [-0.25, -0.2) is 0 Å². The molecule has 6 fully saturated rings. The number of nitrogens with one attached hydrogen (secondary N) is 2. The molecule has 7 rings (SSSR count). The fourth-order valence-corrected chi connectivity index (χ4v) is 11.9. The van der Waals surface area contributed by atoms with Gasteiger partial charge in [0.25, 0.3) is 0 Å². The number of rotatable bonds is 5. The summed E-state index contributed by atoms with van der Waals surface area (Å²) >= 11 is 0. The number of piperidine rings is 1. The molecular formula is C36H58N4O4. The van der Waals surface area contributed by atoms with Crippen LogP contribution in [0, 0.1) is 46.3 Å². The third kappa shape index (κ3) is 5.09. The summed E-state index contributed by atoms with van der Waals surface area (Å²) in [5.74, 6) is 3.97. The highest BCUT2D eigenvalue weighted by Gasteiger charge is 2.68. The first-order chi connectivity index (χ1) is 21.1. The molecule has 4 aliphatic carbocycles. The molecule has 3 aliphatic heterocycles. The van der Waals surface area contributed by atoms with Crippen molar-refractivity contribution in [3.05, 3.63) is 11.6 Å². The summed E-state index contributed by atoms with van der Waals surface area (Å²) in [6.45, 7) is 14.7. The third-order valence-electron chi connectivity index (χ3n) is 14.4. The molecule has 3 heterocycles. The van der Waals surface area contributed by atoms with E-state index in [1.807, 2.05) is 0 Å². The van der Waals surface area contributed by atoms with Crippen molar-refractivity contribution in [2.45, 2.75) is 110 Å². The van der Waals surface area contributed by atoms with Gasteiger partial charge in [-0.05, 0) is 98.2 Å². The SMILES string of the molecule is C[C@@H]1CC[C@@]2(NC1)O[C@H]1C[C@H]3[C@@H]4CC=C5CC(NC(=O)CC(=O)N6CCN(CCO)CC6)CC[C@]5(C)[C@H]4CC[C@]3(C)[C@H]1[C@@H]2C. The second-order valence-corrected chi connectivity index (χ2v) is 16.6. The van der Waals surface area contributed by atoms with Crippen LogP contribution in [-0.4, -0.2) is 90.5 Å². The molecule has 1 spiro atoms. The van der Waals surface area contributed by atoms with Gasteiger partial charge in [-0.1, -0.05) is 39.3 Å². The standard InChI is InChI=1S/C36H58N4O4/c1-23-7-12-36(37-22-23)24(2)33-30(44-36)20-29-27-6-5-25-19-26(8-10-34(25,3)28(27)9-11-35(29,33)4)38-31(42)21-32(43)40-15-13-39(14-16-40)17-18-41/h5,23-24,26-30,33,37,41H,6-22H2,1-4H3,(H,38,42)/t23-,24+,26?,27-,28+,29+,30+,33+,34+,35+,36-/m1/s1. The maximum absolute atomic E-state index is 13.0. The molecule has 0 aromatic carbocycles. The zero-order valence-electron chi connectivity index (χ0n) is 27.8. The van der Waals surface area contributed by atoms with Crippen LogP contribution in [0.2, 0.25) is 0 Å². The summed E-state index contributed by atoms with van der Waals surface area (Å²) in [6, 6.07) is 0.128. The van der Waals surface area contributed by atoms with E-state index in [-0.39, 0.29) is 42.0 Å². The number of hydrogen-bond acceptors (Lipinski definition) is 6. The number of amides is 2. The number of carbonyl (C=O) groups is 2. The second-order valence-electron chi connectivity index (χ2n) is 16.6. The normalized spacial score (nSPS) is 46.9. The Kier molecular flexibility index (Phi) is 8.24. The minimum Gasteiger partial charge on any atom is -0.395 e. The van der Waals surface area contributed by atoms with Gasteiger partial charge < -0.3 is 20.1 Å². The maximum atomic E-state index is 13.0. The molecule has 1 unspecified atom stereocenters. The van der Waals surface area contributed by atoms with Gasteiger partial charge in [-0.3, -0.25) is 19.8 Å². The van der Waals surface area contributed by atoms with Crippen LogP contribution in [0.5, 0.6) is 0 Å². The highest BCUT2D eigenvalue weighted by molar-refractivity contribution is 5.97. The molecule has 11 atom stereocenters. The smallest absolute Gasteiger partial charge is 0.232 e. The van der Waals surface area contributed by atoms with Crippen molar-refractivity contribution in [2.24, 2.45) is 46.3 Å². The monoisotopic (exact) mass is 610 g/mol. The van der Waals surface area contributed by atoms with Crippen LogP contribution < -0.4 is 10.6 Å². The van der Waals surface area contributed by atoms with Gasteiger partial charge >= 0.3 is 0 Å². The molecule has 0 bridgehead atoms. The maximum Gasteiger partial charge on any atom is 0.232 e. The van der Waals surface area contributed by atoms with Crippen molar-refractivity contribution in [3.8, 4) is 0 Å². The third-order valence-corrected chi connectivity index (χ3v) is 14.4. The quantitative estimate of drug-likeness (QED) is 0.323. The zero-order valence-corrected chi connectivity index (χ0v) is 27.8. The van der Waals surface area contributed by atoms with Crippen LogP contribution >= 0.6 is 0 Å². The van der Waals surface area contributed by atoms with Gasteiger partial charge in [0, 0.05) is 51.2 Å². The fourth-order valence-electron chi connectivity index (χ4n) is 11.9. The number of piperazine rings is 1. The minimum atomic E-state index is -0.129. The first-order valence-electron chi connectivity index (χ1n) is 18.1. The molecule has 8 nitrogen and oxygen atoms in total. The van der Waals surface area contributed by atoms with Crippen LogP contribution in [0.1, 0.15) is 91.9 Å². The van der Waals surface area contributed by atoms with Crippen LogP contribution in [0.3, 0.4) is 0 Å². The van der Waals surface area contributed by atoms with E-state index in [1.54, 1.807) is 10.5 Å². The lowest BCUT2D eigenvalue weighted by molar-refractivity contribution is -0.137. The number of hydrogen-bond donors (Lipinski definition) is 3. The Balaban J connectivity index is 0.966. The molecule has 8 heteroatoms. The minimum absolute atomic E-state index is 0.0591. The lowest BCUT2D eigenvalue weighted by Gasteiger charge is -2.58. The van der Waals surface area contributed by atoms with Gasteiger partial charge in [0.05, 0.1) is 12.7 Å². The molecule has 7 aliphatic rings. The second kappa shape index (κ2) is 11.6. The van der Waals surface area contributed by atoms with Gasteiger partial charge in [0.1, 0.15) is 12.1 Å². The van der Waals surface area contributed by atoms with E-state index < -0.39 is 0 Å². The van der Waals surface area contributed by atoms with Crippen LogP contribution in [0.25, 0.3) is 0 Å². The number of aliphatic hydroxyl groups excluding tert-OH is 1.